The zero-order chi connectivity index (χ0) is 15.2. The van der Waals surface area contributed by atoms with E-state index in [1.807, 2.05) is 24.3 Å². The molecule has 0 aliphatic carbocycles. The van der Waals surface area contributed by atoms with E-state index in [0.717, 1.165) is 10.0 Å². The lowest BCUT2D eigenvalue weighted by atomic mass is 10.2. The van der Waals surface area contributed by atoms with Gasteiger partial charge in [0.05, 0.1) is 12.2 Å². The molecule has 21 heavy (non-hydrogen) atoms. The van der Waals surface area contributed by atoms with Crippen molar-refractivity contribution in [2.45, 2.75) is 13.5 Å². The highest BCUT2D eigenvalue weighted by atomic mass is 79.9. The van der Waals surface area contributed by atoms with Crippen molar-refractivity contribution in [2.24, 2.45) is 0 Å². The number of ether oxygens (including phenoxy) is 2. The molecule has 0 bridgehead atoms. The summed E-state index contributed by atoms with van der Waals surface area (Å²) in [6, 6.07) is 9.22. The lowest BCUT2D eigenvalue weighted by molar-refractivity contribution is 0.0527. The SMILES string of the molecule is CCOC(=O)c1ccnc(OCc2cccc(Br)c2)c1N. The standard InChI is InChI=1S/C15H15BrN2O3/c1-2-20-15(19)12-6-7-18-14(13(12)17)21-9-10-4-3-5-11(16)8-10/h3-8H,2,9,17H2,1H3. The molecule has 0 amide bonds. The van der Waals surface area contributed by atoms with Crippen molar-refractivity contribution in [3.63, 3.8) is 0 Å². The Bertz CT molecular complexity index is 647. The largest absolute Gasteiger partial charge is 0.471 e. The molecule has 0 aliphatic heterocycles. The Morgan fingerprint density at radius 2 is 2.19 bits per heavy atom. The first kappa shape index (κ1) is 15.3. The first-order valence-corrected chi connectivity index (χ1v) is 7.20. The third-order valence-corrected chi connectivity index (χ3v) is 3.21. The molecule has 6 heteroatoms. The van der Waals surface area contributed by atoms with Crippen LogP contribution in [0.4, 0.5) is 5.69 Å². The van der Waals surface area contributed by atoms with Crippen molar-refractivity contribution in [2.75, 3.05) is 12.3 Å². The van der Waals surface area contributed by atoms with Gasteiger partial charge in [-0.1, -0.05) is 28.1 Å². The molecule has 2 aromatic rings. The Kier molecular flexibility index (Phi) is 5.16. The molecule has 0 radical (unpaired) electrons. The maximum absolute atomic E-state index is 11.7. The Balaban J connectivity index is 2.13. The number of nitrogens with two attached hydrogens (primary N) is 1. The van der Waals surface area contributed by atoms with Gasteiger partial charge in [-0.2, -0.15) is 0 Å². The summed E-state index contributed by atoms with van der Waals surface area (Å²) in [5.41, 5.74) is 7.32. The molecule has 2 rings (SSSR count). The molecule has 110 valence electrons. The lowest BCUT2D eigenvalue weighted by Gasteiger charge is -2.10. The maximum Gasteiger partial charge on any atom is 0.340 e. The van der Waals surface area contributed by atoms with Gasteiger partial charge in [0, 0.05) is 10.7 Å². The van der Waals surface area contributed by atoms with E-state index < -0.39 is 5.97 Å². The molecule has 1 aromatic carbocycles. The number of hydrogen-bond acceptors (Lipinski definition) is 5. The van der Waals surface area contributed by atoms with Crippen LogP contribution < -0.4 is 10.5 Å². The summed E-state index contributed by atoms with van der Waals surface area (Å²) in [4.78, 5) is 15.8. The molecular formula is C15H15BrN2O3. The minimum atomic E-state index is -0.482. The molecule has 1 aromatic heterocycles. The summed E-state index contributed by atoms with van der Waals surface area (Å²) in [5.74, 6) is -0.259. The summed E-state index contributed by atoms with van der Waals surface area (Å²) in [5, 5.41) is 0. The predicted octanol–water partition coefficient (Wildman–Crippen LogP) is 3.18. The van der Waals surface area contributed by atoms with E-state index in [4.69, 9.17) is 15.2 Å². The number of rotatable bonds is 5. The van der Waals surface area contributed by atoms with Gasteiger partial charge in [0.1, 0.15) is 12.3 Å². The molecule has 0 atom stereocenters. The van der Waals surface area contributed by atoms with E-state index in [0.29, 0.717) is 6.61 Å². The summed E-state index contributed by atoms with van der Waals surface area (Å²) in [7, 11) is 0. The van der Waals surface area contributed by atoms with Crippen LogP contribution in [0.2, 0.25) is 0 Å². The third kappa shape index (κ3) is 3.95. The normalized spacial score (nSPS) is 10.2. The second-order valence-electron chi connectivity index (χ2n) is 4.22. The molecule has 1 heterocycles. The minimum absolute atomic E-state index is 0.186. The van der Waals surface area contributed by atoms with Gasteiger partial charge in [-0.05, 0) is 30.7 Å². The molecule has 2 N–H and O–H groups in total. The Hall–Kier alpha value is -2.08. The number of pyridine rings is 1. The number of carbonyl (C=O) groups is 1. The number of carbonyl (C=O) groups excluding carboxylic acids is 1. The molecule has 0 spiro atoms. The number of hydrogen-bond donors (Lipinski definition) is 1. The number of nitrogen functional groups attached to an aromatic ring is 1. The van der Waals surface area contributed by atoms with Gasteiger partial charge in [0.15, 0.2) is 0 Å². The van der Waals surface area contributed by atoms with Crippen molar-refractivity contribution in [1.29, 1.82) is 0 Å². The van der Waals surface area contributed by atoms with Crippen LogP contribution in [0.25, 0.3) is 0 Å². The van der Waals surface area contributed by atoms with E-state index in [1.165, 1.54) is 12.3 Å². The summed E-state index contributed by atoms with van der Waals surface area (Å²) in [6.45, 7) is 2.33. The van der Waals surface area contributed by atoms with Gasteiger partial charge in [-0.3, -0.25) is 0 Å². The van der Waals surface area contributed by atoms with Crippen LogP contribution in [0.3, 0.4) is 0 Å². The number of halogens is 1. The van der Waals surface area contributed by atoms with Crippen molar-refractivity contribution in [3.05, 3.63) is 52.1 Å². The van der Waals surface area contributed by atoms with Crippen LogP contribution >= 0.6 is 15.9 Å². The summed E-state index contributed by atoms with van der Waals surface area (Å²) in [6.07, 6.45) is 1.47. The van der Waals surface area contributed by atoms with Gasteiger partial charge in [0.25, 0.3) is 0 Å². The van der Waals surface area contributed by atoms with Crippen molar-refractivity contribution >= 4 is 27.6 Å². The average Bonchev–Trinajstić information content (AvgIpc) is 2.46. The average molecular weight is 351 g/mol. The first-order chi connectivity index (χ1) is 10.1. The molecular weight excluding hydrogens is 336 g/mol. The van der Waals surface area contributed by atoms with E-state index >= 15 is 0 Å². The number of benzene rings is 1. The molecule has 5 nitrogen and oxygen atoms in total. The number of aromatic nitrogens is 1. The van der Waals surface area contributed by atoms with Gasteiger partial charge in [-0.15, -0.1) is 0 Å². The van der Waals surface area contributed by atoms with Crippen LogP contribution in [-0.4, -0.2) is 17.6 Å². The van der Waals surface area contributed by atoms with Crippen molar-refractivity contribution in [3.8, 4) is 5.88 Å². The predicted molar refractivity (Wildman–Crippen MR) is 83.1 cm³/mol. The van der Waals surface area contributed by atoms with Crippen LogP contribution in [0, 0.1) is 0 Å². The minimum Gasteiger partial charge on any atom is -0.471 e. The molecule has 0 unspecified atom stereocenters. The Morgan fingerprint density at radius 1 is 1.38 bits per heavy atom. The zero-order valence-electron chi connectivity index (χ0n) is 11.5. The highest BCUT2D eigenvalue weighted by Crippen LogP contribution is 2.24. The van der Waals surface area contributed by atoms with Gasteiger partial charge in [-0.25, -0.2) is 9.78 Å². The Morgan fingerprint density at radius 3 is 2.90 bits per heavy atom. The van der Waals surface area contributed by atoms with Crippen LogP contribution in [-0.2, 0) is 11.3 Å². The van der Waals surface area contributed by atoms with Crippen LogP contribution in [0.5, 0.6) is 5.88 Å². The second-order valence-corrected chi connectivity index (χ2v) is 5.13. The molecule has 0 fully saturated rings. The monoisotopic (exact) mass is 350 g/mol. The van der Waals surface area contributed by atoms with E-state index in [-0.39, 0.29) is 23.7 Å². The summed E-state index contributed by atoms with van der Waals surface area (Å²) >= 11 is 3.39. The summed E-state index contributed by atoms with van der Waals surface area (Å²) < 4.78 is 11.5. The fraction of sp³-hybridized carbons (Fsp3) is 0.200. The van der Waals surface area contributed by atoms with E-state index in [1.54, 1.807) is 6.92 Å². The van der Waals surface area contributed by atoms with Crippen molar-refractivity contribution < 1.29 is 14.3 Å². The number of esters is 1. The smallest absolute Gasteiger partial charge is 0.340 e. The highest BCUT2D eigenvalue weighted by Gasteiger charge is 2.15. The molecule has 0 saturated heterocycles. The fourth-order valence-electron chi connectivity index (χ4n) is 1.73. The zero-order valence-corrected chi connectivity index (χ0v) is 13.1. The Labute approximate surface area is 131 Å². The quantitative estimate of drug-likeness (QED) is 0.838. The van der Waals surface area contributed by atoms with Crippen LogP contribution in [0.15, 0.2) is 41.0 Å². The van der Waals surface area contributed by atoms with Gasteiger partial charge >= 0.3 is 5.97 Å². The van der Waals surface area contributed by atoms with Gasteiger partial charge in [0.2, 0.25) is 5.88 Å². The topological polar surface area (TPSA) is 74.4 Å². The van der Waals surface area contributed by atoms with Gasteiger partial charge < -0.3 is 15.2 Å². The van der Waals surface area contributed by atoms with Crippen LogP contribution in [0.1, 0.15) is 22.8 Å². The first-order valence-electron chi connectivity index (χ1n) is 6.40. The maximum atomic E-state index is 11.7. The highest BCUT2D eigenvalue weighted by molar-refractivity contribution is 9.10. The lowest BCUT2D eigenvalue weighted by Crippen LogP contribution is -2.10. The van der Waals surface area contributed by atoms with E-state index in [2.05, 4.69) is 20.9 Å². The van der Waals surface area contributed by atoms with Crippen molar-refractivity contribution in [1.82, 2.24) is 4.98 Å². The van der Waals surface area contributed by atoms with E-state index in [9.17, 15) is 4.79 Å². The number of nitrogens with zero attached hydrogens (tertiary/aromatic N) is 1. The fourth-order valence-corrected chi connectivity index (χ4v) is 2.18. The third-order valence-electron chi connectivity index (χ3n) is 2.71. The number of anilines is 1. The molecule has 0 aliphatic rings. The second kappa shape index (κ2) is 7.08. The molecule has 0 saturated carbocycles.